The van der Waals surface area contributed by atoms with Gasteiger partial charge in [0, 0.05) is 28.2 Å². The minimum Gasteiger partial charge on any atom is -0.870 e. The second kappa shape index (κ2) is 39.7. The Bertz CT molecular complexity index is 4110. The van der Waals surface area contributed by atoms with Crippen molar-refractivity contribution in [3.63, 3.8) is 0 Å². The number of rotatable bonds is 15. The number of phenolic OH excluding ortho intramolecular Hbond substituents is 2. The summed E-state index contributed by atoms with van der Waals surface area (Å²) in [5.41, 5.74) is 5.84. The number of carbonyl (C=O) groups is 7. The molecule has 0 unspecified atom stereocenters. The number of esters is 3. The van der Waals surface area contributed by atoms with Gasteiger partial charge in [-0.15, -0.1) is 0 Å². The van der Waals surface area contributed by atoms with Crippen LogP contribution >= 0.6 is 46.4 Å². The smallest absolute Gasteiger partial charge is 0.870 e. The van der Waals surface area contributed by atoms with Crippen molar-refractivity contribution in [2.45, 2.75) is 158 Å². The van der Waals surface area contributed by atoms with Gasteiger partial charge in [-0.05, 0) is 246 Å². The van der Waals surface area contributed by atoms with Crippen LogP contribution in [0.3, 0.4) is 0 Å². The fourth-order valence-electron chi connectivity index (χ4n) is 7.99. The van der Waals surface area contributed by atoms with Crippen LogP contribution in [-0.2, 0) is 14.2 Å². The number of hydrogen-bond acceptors (Lipinski definition) is 20. The minimum absolute atomic E-state index is 0. The first-order valence-electron chi connectivity index (χ1n) is 31.5. The summed E-state index contributed by atoms with van der Waals surface area (Å²) in [6.07, 6.45) is 0. The largest absolute Gasteiger partial charge is 1.00 e. The van der Waals surface area contributed by atoms with Crippen LogP contribution < -0.4 is 63.6 Å². The number of amides is 2. The van der Waals surface area contributed by atoms with Crippen LogP contribution in [0.1, 0.15) is 197 Å². The van der Waals surface area contributed by atoms with E-state index in [1.807, 2.05) is 125 Å². The summed E-state index contributed by atoms with van der Waals surface area (Å²) in [5, 5.41) is 42.4. The van der Waals surface area contributed by atoms with Crippen molar-refractivity contribution < 1.29 is 121 Å². The van der Waals surface area contributed by atoms with Crippen molar-refractivity contribution in [2.24, 2.45) is 0 Å². The van der Waals surface area contributed by atoms with Crippen LogP contribution in [0.15, 0.2) is 121 Å². The summed E-state index contributed by atoms with van der Waals surface area (Å²) in [6.45, 7) is 34.0. The van der Waals surface area contributed by atoms with E-state index in [2.05, 4.69) is 24.8 Å². The fourth-order valence-corrected chi connectivity index (χ4v) is 8.95. The van der Waals surface area contributed by atoms with Crippen molar-refractivity contribution in [1.82, 2.24) is 0 Å². The van der Waals surface area contributed by atoms with Crippen molar-refractivity contribution in [3.05, 3.63) is 180 Å². The minimum atomic E-state index is -1.06. The predicted octanol–water partition coefficient (Wildman–Crippen LogP) is 15.2. The first-order valence-corrected chi connectivity index (χ1v) is 33.0. The van der Waals surface area contributed by atoms with Gasteiger partial charge in [-0.1, -0.05) is 46.4 Å². The average molecular weight is 1530 g/mol. The molecule has 0 bridgehead atoms. The van der Waals surface area contributed by atoms with E-state index in [0.29, 0.717) is 68.2 Å². The van der Waals surface area contributed by atoms with Gasteiger partial charge in [0.05, 0.1) is 69.2 Å². The van der Waals surface area contributed by atoms with Gasteiger partial charge in [-0.3, -0.25) is 9.59 Å². The Labute approximate surface area is 644 Å². The van der Waals surface area contributed by atoms with Gasteiger partial charge in [0.15, 0.2) is 46.0 Å². The average Bonchev–Trinajstić information content (AvgIpc) is 0.812. The quantitative estimate of drug-likeness (QED) is 0.0165. The van der Waals surface area contributed by atoms with E-state index >= 15 is 0 Å². The number of carbonyl (C=O) groups excluding carboxylic acids is 5. The third-order valence-corrected chi connectivity index (χ3v) is 13.2. The molecule has 0 aliphatic carbocycles. The first kappa shape index (κ1) is 93.8. The number of halogens is 4. The van der Waals surface area contributed by atoms with Crippen molar-refractivity contribution in [1.29, 1.82) is 0 Å². The van der Waals surface area contributed by atoms with Gasteiger partial charge < -0.3 is 84.9 Å². The molecule has 0 aromatic heterocycles. The number of nitrogens with one attached hydrogen (secondary N) is 2. The third kappa shape index (κ3) is 33.2. The number of carboxylic acids is 2. The summed E-state index contributed by atoms with van der Waals surface area (Å²) in [5.74, 6) is -2.99. The molecule has 0 spiro atoms. The monoisotopic (exact) mass is 1530 g/mol. The Balaban J connectivity index is 0.000000683. The maximum atomic E-state index is 12.8. The number of nitrogens with two attached hydrogens (primary N) is 1. The predicted molar refractivity (Wildman–Crippen MR) is 401 cm³/mol. The zero-order chi connectivity index (χ0) is 78.7. The van der Waals surface area contributed by atoms with Gasteiger partial charge in [-0.2, -0.15) is 0 Å². The molecule has 0 saturated carbocycles. The van der Waals surface area contributed by atoms with Gasteiger partial charge >= 0.3 is 48.7 Å². The second-order valence-electron chi connectivity index (χ2n) is 28.2. The number of methoxy groups -OCH3 is 3. The summed E-state index contributed by atoms with van der Waals surface area (Å²) in [7, 11) is 3.87. The molecular formula is C76H92Cl4LiN3O21. The number of aromatic hydroxyl groups is 2. The second-order valence-corrected chi connectivity index (χ2v) is 29.9. The number of ether oxygens (including phenoxy) is 9. The molecule has 24 nitrogen and oxygen atoms in total. The van der Waals surface area contributed by atoms with E-state index < -0.39 is 74.9 Å². The van der Waals surface area contributed by atoms with Crippen LogP contribution in [0.5, 0.6) is 46.0 Å². The first-order chi connectivity index (χ1) is 47.2. The molecule has 0 atom stereocenters. The number of carboxylic acid groups (broad SMARTS) is 2. The normalized spacial score (nSPS) is 11.0. The van der Waals surface area contributed by atoms with E-state index in [-0.39, 0.29) is 78.6 Å². The van der Waals surface area contributed by atoms with Crippen LogP contribution in [0.4, 0.5) is 17.1 Å². The fraction of sp³-hybridized carbons (Fsp3) is 0.355. The summed E-state index contributed by atoms with van der Waals surface area (Å²) in [4.78, 5) is 80.9. The Hall–Kier alpha value is -9.25. The van der Waals surface area contributed by atoms with E-state index in [9.17, 15) is 33.6 Å². The SMILES string of the molecule is CC(C)(C)Oc1cc(C(=O)Nc2ccc(C(=O)O)cc2)cc(Cl)c1OC(C)(C)C.CC(C)(C)Oc1cc(C(=O)O)cc(Cl)c1OC(C)(C)C.COC(=O)c1cc(O)c(O)c(Cl)c1.COC(=O)c1ccc(N)cc1.COC(=O)c1ccc(NC(=O)c2cc(Cl)c(OC(C)(C)C)c(OC(C)(C)C)c2)cc1.[Li+].[OH-]. The van der Waals surface area contributed by atoms with E-state index in [1.54, 1.807) is 60.7 Å². The van der Waals surface area contributed by atoms with Crippen molar-refractivity contribution in [2.75, 3.05) is 37.7 Å². The number of nitrogen functional groups attached to an aromatic ring is 1. The molecule has 105 heavy (non-hydrogen) atoms. The van der Waals surface area contributed by atoms with E-state index in [1.165, 1.54) is 75.9 Å². The molecular weight excluding hydrogens is 1440 g/mol. The molecule has 7 aromatic rings. The third-order valence-electron chi connectivity index (χ3n) is 12.0. The van der Waals surface area contributed by atoms with Crippen LogP contribution in [0.25, 0.3) is 0 Å². The maximum Gasteiger partial charge on any atom is 1.00 e. The van der Waals surface area contributed by atoms with Crippen LogP contribution in [-0.4, -0.2) is 122 Å². The van der Waals surface area contributed by atoms with Gasteiger partial charge in [0.2, 0.25) is 0 Å². The molecule has 29 heteroatoms. The Morgan fingerprint density at radius 2 is 0.610 bits per heavy atom. The Morgan fingerprint density at radius 3 is 0.886 bits per heavy atom. The summed E-state index contributed by atoms with van der Waals surface area (Å²) in [6, 6.07) is 30.1. The summed E-state index contributed by atoms with van der Waals surface area (Å²) >= 11 is 24.5. The molecule has 7 aromatic carbocycles. The van der Waals surface area contributed by atoms with Gasteiger partial charge in [0.25, 0.3) is 11.8 Å². The van der Waals surface area contributed by atoms with Gasteiger partial charge in [0.1, 0.15) is 33.6 Å². The number of aromatic carboxylic acids is 2. The Kier molecular flexibility index (Phi) is 35.5. The number of hydrogen-bond donors (Lipinski definition) is 7. The topological polar surface area (TPSA) is 364 Å². The molecule has 0 fully saturated rings. The van der Waals surface area contributed by atoms with Gasteiger partial charge in [-0.25, -0.2) is 24.0 Å². The zero-order valence-electron chi connectivity index (χ0n) is 62.9. The number of anilines is 3. The zero-order valence-corrected chi connectivity index (χ0v) is 65.9. The van der Waals surface area contributed by atoms with E-state index in [4.69, 9.17) is 101 Å². The Morgan fingerprint density at radius 1 is 0.352 bits per heavy atom. The van der Waals surface area contributed by atoms with Crippen molar-refractivity contribution in [3.8, 4) is 46.0 Å². The van der Waals surface area contributed by atoms with Crippen LogP contribution in [0, 0.1) is 0 Å². The molecule has 2 amide bonds. The molecule has 0 aliphatic rings. The molecule has 566 valence electrons. The van der Waals surface area contributed by atoms with E-state index in [0.717, 1.165) is 6.07 Å². The molecule has 7 rings (SSSR count). The molecule has 9 N–H and O–H groups in total. The number of benzene rings is 7. The standard InChI is InChI=1S/C23H28ClNO5.C22H26ClNO5.C15H21ClO4.C8H7ClO4.C8H9NO2.Li.H2O/c1-22(2,3)29-18-13-15(12-17(24)19(18)30-23(4,5)6)20(26)25-16-10-8-14(9-11-16)21(27)28-7;1-21(2,3)28-17-12-14(11-16(23)18(17)29-22(4,5)6)19(25)24-15-9-7-13(8-10-15)20(26)27;1-14(2,3)19-11-8-9(13(17)18)7-10(16)12(11)20-15(4,5)6;1-13-8(12)4-2-5(9)7(11)6(10)3-4;1-11-8(10)6-2-4-7(9)5-3-6;;/h8-13H,1-7H3,(H,25,26);7-12H,1-6H3,(H,24,25)(H,26,27);7-8H,1-6H3,(H,17,18);2-3,10-11H,1H3;2-5H,9H2,1H3;;1H2/q;;;;;+1;/p-1. The molecule has 0 radical (unpaired) electrons. The maximum absolute atomic E-state index is 12.8. The number of phenols is 2. The molecule has 0 aliphatic heterocycles. The van der Waals surface area contributed by atoms with Crippen molar-refractivity contribution >= 4 is 105 Å². The summed E-state index contributed by atoms with van der Waals surface area (Å²) < 4.78 is 49.1. The molecule has 0 saturated heterocycles. The molecule has 0 heterocycles. The van der Waals surface area contributed by atoms with Crippen LogP contribution in [0.2, 0.25) is 20.1 Å².